The highest BCUT2D eigenvalue weighted by atomic mass is 16.6. The molecule has 0 amide bonds. The van der Waals surface area contributed by atoms with Crippen molar-refractivity contribution < 1.29 is 35.1 Å². The Morgan fingerprint density at radius 2 is 1.96 bits per heavy atom. The van der Waals surface area contributed by atoms with Crippen molar-refractivity contribution in [1.29, 1.82) is 0 Å². The highest BCUT2D eigenvalue weighted by Gasteiger charge is 2.49. The van der Waals surface area contributed by atoms with E-state index in [1.165, 1.54) is 0 Å². The van der Waals surface area contributed by atoms with Crippen LogP contribution in [0.4, 0.5) is 5.69 Å². The highest BCUT2D eigenvalue weighted by Crippen LogP contribution is 2.30. The molecule has 0 spiro atoms. The SMILES string of the molecule is O=C(O)CCCC(C[C@]1(O)OC[C@@H](O)[C@H](O)[C@H]1O)Nc1ccccc1. The monoisotopic (exact) mass is 355 g/mol. The van der Waals surface area contributed by atoms with E-state index in [-0.39, 0.29) is 19.4 Å². The molecule has 140 valence electrons. The van der Waals surface area contributed by atoms with Crippen LogP contribution in [0.5, 0.6) is 0 Å². The average molecular weight is 355 g/mol. The van der Waals surface area contributed by atoms with Gasteiger partial charge in [-0.1, -0.05) is 18.2 Å². The number of aliphatic carboxylic acids is 1. The minimum Gasteiger partial charge on any atom is -0.481 e. The van der Waals surface area contributed by atoms with Crippen LogP contribution in [-0.4, -0.2) is 68.2 Å². The molecular formula is C17H25NO7. The number of aliphatic hydroxyl groups excluding tert-OH is 3. The van der Waals surface area contributed by atoms with Crippen LogP contribution in [0.25, 0.3) is 0 Å². The number of nitrogens with one attached hydrogen (secondary N) is 1. The zero-order chi connectivity index (χ0) is 18.4. The van der Waals surface area contributed by atoms with E-state index in [1.54, 1.807) is 0 Å². The van der Waals surface area contributed by atoms with Gasteiger partial charge in [0.15, 0.2) is 5.79 Å². The summed E-state index contributed by atoms with van der Waals surface area (Å²) < 4.78 is 5.20. The molecule has 5 atom stereocenters. The van der Waals surface area contributed by atoms with Gasteiger partial charge in [-0.2, -0.15) is 0 Å². The van der Waals surface area contributed by atoms with Crippen LogP contribution >= 0.6 is 0 Å². The first-order valence-corrected chi connectivity index (χ1v) is 8.26. The smallest absolute Gasteiger partial charge is 0.303 e. The largest absolute Gasteiger partial charge is 0.481 e. The molecule has 1 unspecified atom stereocenters. The molecule has 0 bridgehead atoms. The van der Waals surface area contributed by atoms with E-state index in [9.17, 15) is 25.2 Å². The minimum atomic E-state index is -2.03. The number of carboxylic acids is 1. The Kier molecular flexibility index (Phi) is 6.74. The first kappa shape index (κ1) is 19.6. The number of ether oxygens (including phenoxy) is 1. The number of hydrogen-bond acceptors (Lipinski definition) is 7. The zero-order valence-electron chi connectivity index (χ0n) is 13.8. The lowest BCUT2D eigenvalue weighted by atomic mass is 9.90. The average Bonchev–Trinajstić information content (AvgIpc) is 2.57. The number of aliphatic hydroxyl groups is 4. The van der Waals surface area contributed by atoms with E-state index in [1.807, 2.05) is 30.3 Å². The first-order chi connectivity index (χ1) is 11.8. The van der Waals surface area contributed by atoms with Crippen molar-refractivity contribution in [2.24, 2.45) is 0 Å². The molecule has 1 aromatic carbocycles. The van der Waals surface area contributed by atoms with Crippen LogP contribution in [-0.2, 0) is 9.53 Å². The zero-order valence-corrected chi connectivity index (χ0v) is 13.8. The minimum absolute atomic E-state index is 0.0177. The van der Waals surface area contributed by atoms with Gasteiger partial charge in [0.25, 0.3) is 0 Å². The lowest BCUT2D eigenvalue weighted by Crippen LogP contribution is -2.62. The molecule has 25 heavy (non-hydrogen) atoms. The fourth-order valence-corrected chi connectivity index (χ4v) is 2.92. The summed E-state index contributed by atoms with van der Waals surface area (Å²) in [5.74, 6) is -2.95. The van der Waals surface area contributed by atoms with Gasteiger partial charge in [0, 0.05) is 24.6 Å². The number of hydrogen-bond donors (Lipinski definition) is 6. The summed E-state index contributed by atoms with van der Waals surface area (Å²) >= 11 is 0. The molecule has 1 aromatic rings. The van der Waals surface area contributed by atoms with Crippen molar-refractivity contribution in [2.45, 2.75) is 55.8 Å². The Labute approximate surface area is 145 Å². The lowest BCUT2D eigenvalue weighted by Gasteiger charge is -2.43. The third-order valence-electron chi connectivity index (χ3n) is 4.31. The van der Waals surface area contributed by atoms with Crippen molar-refractivity contribution >= 4 is 11.7 Å². The Morgan fingerprint density at radius 3 is 2.60 bits per heavy atom. The van der Waals surface area contributed by atoms with Gasteiger partial charge in [-0.15, -0.1) is 0 Å². The van der Waals surface area contributed by atoms with E-state index < -0.39 is 36.1 Å². The fourth-order valence-electron chi connectivity index (χ4n) is 2.92. The van der Waals surface area contributed by atoms with Gasteiger partial charge in [0.05, 0.1) is 6.61 Å². The normalized spacial score (nSPS) is 30.6. The van der Waals surface area contributed by atoms with E-state index in [4.69, 9.17) is 9.84 Å². The fraction of sp³-hybridized carbons (Fsp3) is 0.588. The molecule has 0 saturated carbocycles. The third kappa shape index (κ3) is 5.38. The summed E-state index contributed by atoms with van der Waals surface area (Å²) in [6.45, 7) is -0.304. The van der Waals surface area contributed by atoms with Gasteiger partial charge in [-0.25, -0.2) is 0 Å². The number of carbonyl (C=O) groups is 1. The van der Waals surface area contributed by atoms with Gasteiger partial charge in [0.1, 0.15) is 18.3 Å². The van der Waals surface area contributed by atoms with Crippen molar-refractivity contribution in [2.75, 3.05) is 11.9 Å². The molecule has 0 aromatic heterocycles. The number of carboxylic acid groups (broad SMARTS) is 1. The maximum Gasteiger partial charge on any atom is 0.303 e. The summed E-state index contributed by atoms with van der Waals surface area (Å²) in [5, 5.41) is 52.0. The van der Waals surface area contributed by atoms with Gasteiger partial charge in [0.2, 0.25) is 0 Å². The molecule has 6 N–H and O–H groups in total. The van der Waals surface area contributed by atoms with Crippen molar-refractivity contribution in [1.82, 2.24) is 0 Å². The van der Waals surface area contributed by atoms with Crippen molar-refractivity contribution in [3.8, 4) is 0 Å². The third-order valence-corrected chi connectivity index (χ3v) is 4.31. The summed E-state index contributed by atoms with van der Waals surface area (Å²) in [6, 6.07) is 8.76. The molecule has 0 aliphatic carbocycles. The predicted octanol–water partition coefficient (Wildman–Crippen LogP) is -0.0864. The molecular weight excluding hydrogens is 330 g/mol. The van der Waals surface area contributed by atoms with Crippen LogP contribution < -0.4 is 5.32 Å². The second kappa shape index (κ2) is 8.59. The maximum absolute atomic E-state index is 10.7. The Morgan fingerprint density at radius 1 is 1.28 bits per heavy atom. The second-order valence-electron chi connectivity index (χ2n) is 6.36. The van der Waals surface area contributed by atoms with Gasteiger partial charge >= 0.3 is 5.97 Å². The summed E-state index contributed by atoms with van der Waals surface area (Å²) in [5.41, 5.74) is 0.775. The van der Waals surface area contributed by atoms with Crippen LogP contribution in [0.2, 0.25) is 0 Å². The topological polar surface area (TPSA) is 139 Å². The van der Waals surface area contributed by atoms with E-state index in [0.717, 1.165) is 5.69 Å². The number of para-hydroxylation sites is 1. The molecule has 1 fully saturated rings. The van der Waals surface area contributed by atoms with Crippen molar-refractivity contribution in [3.05, 3.63) is 30.3 Å². The van der Waals surface area contributed by atoms with Crippen LogP contribution in [0, 0.1) is 0 Å². The number of rotatable bonds is 8. The Bertz CT molecular complexity index is 555. The molecule has 1 aliphatic heterocycles. The molecule has 8 nitrogen and oxygen atoms in total. The van der Waals surface area contributed by atoms with E-state index in [2.05, 4.69) is 5.32 Å². The molecule has 0 radical (unpaired) electrons. The van der Waals surface area contributed by atoms with E-state index >= 15 is 0 Å². The molecule has 1 heterocycles. The Hall–Kier alpha value is -1.71. The van der Waals surface area contributed by atoms with Gasteiger partial charge in [-0.05, 0) is 25.0 Å². The predicted molar refractivity (Wildman–Crippen MR) is 88.9 cm³/mol. The standard InChI is InChI=1S/C17H25NO7/c19-13-10-25-17(24,16(23)15(13)22)9-12(7-4-8-14(20)21)18-11-5-2-1-3-6-11/h1-3,5-6,12-13,15-16,18-19,22-24H,4,7-10H2,(H,20,21)/t12?,13-,15+,16-,17+/m1/s1. The molecule has 8 heteroatoms. The van der Waals surface area contributed by atoms with Crippen LogP contribution in [0.15, 0.2) is 30.3 Å². The molecule has 2 rings (SSSR count). The molecule has 1 saturated heterocycles. The highest BCUT2D eigenvalue weighted by molar-refractivity contribution is 5.66. The number of anilines is 1. The second-order valence-corrected chi connectivity index (χ2v) is 6.36. The summed E-state index contributed by atoms with van der Waals surface area (Å²) in [6.07, 6.45) is -3.77. The van der Waals surface area contributed by atoms with Crippen LogP contribution in [0.3, 0.4) is 0 Å². The quantitative estimate of drug-likeness (QED) is 0.380. The van der Waals surface area contributed by atoms with E-state index in [0.29, 0.717) is 12.8 Å². The maximum atomic E-state index is 10.7. The molecule has 1 aliphatic rings. The van der Waals surface area contributed by atoms with Gasteiger partial charge in [-0.3, -0.25) is 4.79 Å². The van der Waals surface area contributed by atoms with Gasteiger partial charge < -0.3 is 35.6 Å². The first-order valence-electron chi connectivity index (χ1n) is 8.26. The summed E-state index contributed by atoms with van der Waals surface area (Å²) in [4.78, 5) is 10.7. The Balaban J connectivity index is 2.07. The summed E-state index contributed by atoms with van der Waals surface area (Å²) in [7, 11) is 0. The number of benzene rings is 1. The van der Waals surface area contributed by atoms with Crippen LogP contribution in [0.1, 0.15) is 25.7 Å². The lowest BCUT2D eigenvalue weighted by molar-refractivity contribution is -0.324. The van der Waals surface area contributed by atoms with Crippen molar-refractivity contribution in [3.63, 3.8) is 0 Å².